The summed E-state index contributed by atoms with van der Waals surface area (Å²) in [6, 6.07) is 18.6. The molecule has 33 heavy (non-hydrogen) atoms. The molecule has 166 valence electrons. The summed E-state index contributed by atoms with van der Waals surface area (Å²) in [6.45, 7) is 0. The Balaban J connectivity index is 1.49. The number of carboxylic acid groups (broad SMARTS) is 1. The number of aromatic nitrogens is 2. The Kier molecular flexibility index (Phi) is 5.38. The minimum absolute atomic E-state index is 0.0889. The van der Waals surface area contributed by atoms with Gasteiger partial charge in [0, 0.05) is 12.2 Å². The van der Waals surface area contributed by atoms with Gasteiger partial charge in [0.25, 0.3) is 11.5 Å². The van der Waals surface area contributed by atoms with Crippen molar-refractivity contribution in [3.8, 4) is 11.1 Å². The number of carbonyl (C=O) groups excluding carboxylic acids is 1. The molecule has 5 rings (SSSR count). The van der Waals surface area contributed by atoms with Crippen LogP contribution in [0.15, 0.2) is 71.7 Å². The van der Waals surface area contributed by atoms with Gasteiger partial charge in [-0.15, -0.1) is 0 Å². The summed E-state index contributed by atoms with van der Waals surface area (Å²) in [4.78, 5) is 42.1. The van der Waals surface area contributed by atoms with Crippen LogP contribution in [0.1, 0.15) is 36.0 Å². The van der Waals surface area contributed by atoms with Crippen molar-refractivity contribution in [2.75, 3.05) is 0 Å². The molecule has 0 radical (unpaired) electrons. The zero-order valence-electron chi connectivity index (χ0n) is 17.9. The van der Waals surface area contributed by atoms with Crippen molar-refractivity contribution in [1.29, 1.82) is 0 Å². The summed E-state index contributed by atoms with van der Waals surface area (Å²) in [7, 11) is 0. The van der Waals surface area contributed by atoms with Crippen LogP contribution in [0.2, 0.25) is 0 Å². The molecule has 7 nitrogen and oxygen atoms in total. The average molecular weight is 441 g/mol. The van der Waals surface area contributed by atoms with Crippen molar-refractivity contribution in [3.05, 3.63) is 82.8 Å². The number of nitrogens with one attached hydrogen (secondary N) is 1. The van der Waals surface area contributed by atoms with Gasteiger partial charge in [-0.25, -0.2) is 4.98 Å². The van der Waals surface area contributed by atoms with Gasteiger partial charge in [-0.05, 0) is 61.1 Å². The summed E-state index contributed by atoms with van der Waals surface area (Å²) in [5.41, 5.74) is 2.86. The van der Waals surface area contributed by atoms with Crippen LogP contribution in [0.25, 0.3) is 27.7 Å². The number of rotatable bonds is 4. The summed E-state index contributed by atoms with van der Waals surface area (Å²) < 4.78 is 1.41. The first-order valence-corrected chi connectivity index (χ1v) is 11.1. The van der Waals surface area contributed by atoms with Gasteiger partial charge in [-0.3, -0.25) is 18.8 Å². The SMILES string of the molecule is O=C(NC1CCC(C(=O)O)CC1)c1cccn2c(=O)c3cc(-c4ccccc4)ccc3nc12. The van der Waals surface area contributed by atoms with E-state index in [2.05, 4.69) is 10.3 Å². The Morgan fingerprint density at radius 1 is 0.939 bits per heavy atom. The van der Waals surface area contributed by atoms with E-state index >= 15 is 0 Å². The quantitative estimate of drug-likeness (QED) is 0.468. The Hall–Kier alpha value is -4.00. The first kappa shape index (κ1) is 20.9. The molecule has 2 aromatic carbocycles. The van der Waals surface area contributed by atoms with E-state index in [1.54, 1.807) is 24.4 Å². The highest BCUT2D eigenvalue weighted by atomic mass is 16.4. The van der Waals surface area contributed by atoms with E-state index in [4.69, 9.17) is 5.11 Å². The summed E-state index contributed by atoms with van der Waals surface area (Å²) >= 11 is 0. The van der Waals surface area contributed by atoms with Crippen LogP contribution in [0.5, 0.6) is 0 Å². The summed E-state index contributed by atoms with van der Waals surface area (Å²) in [5.74, 6) is -1.43. The molecular formula is C26H23N3O4. The fourth-order valence-corrected chi connectivity index (χ4v) is 4.56. The second-order valence-electron chi connectivity index (χ2n) is 8.49. The highest BCUT2D eigenvalue weighted by Gasteiger charge is 2.27. The number of carboxylic acids is 1. The van der Waals surface area contributed by atoms with Gasteiger partial charge in [-0.1, -0.05) is 36.4 Å². The third-order valence-corrected chi connectivity index (χ3v) is 6.40. The molecule has 0 atom stereocenters. The van der Waals surface area contributed by atoms with Crippen LogP contribution < -0.4 is 10.9 Å². The highest BCUT2D eigenvalue weighted by Crippen LogP contribution is 2.25. The molecule has 0 spiro atoms. The van der Waals surface area contributed by atoms with E-state index in [1.165, 1.54) is 4.40 Å². The first-order chi connectivity index (χ1) is 16.0. The van der Waals surface area contributed by atoms with Crippen LogP contribution in [-0.4, -0.2) is 32.4 Å². The summed E-state index contributed by atoms with van der Waals surface area (Å²) in [5, 5.41) is 12.7. The number of hydrogen-bond donors (Lipinski definition) is 2. The number of hydrogen-bond acceptors (Lipinski definition) is 4. The smallest absolute Gasteiger partial charge is 0.306 e. The van der Waals surface area contributed by atoms with Crippen molar-refractivity contribution in [3.63, 3.8) is 0 Å². The van der Waals surface area contributed by atoms with Crippen LogP contribution in [0.3, 0.4) is 0 Å². The van der Waals surface area contributed by atoms with E-state index in [0.717, 1.165) is 11.1 Å². The van der Waals surface area contributed by atoms with Crippen LogP contribution in [0.4, 0.5) is 0 Å². The van der Waals surface area contributed by atoms with E-state index in [-0.39, 0.29) is 23.4 Å². The maximum atomic E-state index is 13.3. The van der Waals surface area contributed by atoms with E-state index < -0.39 is 5.97 Å². The Labute approximate surface area is 189 Å². The number of pyridine rings is 1. The number of aliphatic carboxylic acids is 1. The lowest BCUT2D eigenvalue weighted by molar-refractivity contribution is -0.142. The van der Waals surface area contributed by atoms with Crippen molar-refractivity contribution in [1.82, 2.24) is 14.7 Å². The third kappa shape index (κ3) is 3.98. The standard InChI is InChI=1S/C26H23N3O4/c30-24(27-19-11-8-17(9-12-19)26(32)33)20-7-4-14-29-23(20)28-22-13-10-18(15-21(22)25(29)31)16-5-2-1-3-6-16/h1-7,10,13-15,17,19H,8-9,11-12H2,(H,27,30)(H,32,33). The molecule has 2 heterocycles. The van der Waals surface area contributed by atoms with Crippen molar-refractivity contribution in [2.24, 2.45) is 5.92 Å². The number of amides is 1. The normalized spacial score (nSPS) is 18.3. The predicted octanol–water partition coefficient (Wildman–Crippen LogP) is 3.89. The van der Waals surface area contributed by atoms with Gasteiger partial charge in [-0.2, -0.15) is 0 Å². The molecule has 1 aliphatic carbocycles. The van der Waals surface area contributed by atoms with Gasteiger partial charge < -0.3 is 10.4 Å². The molecule has 0 saturated heterocycles. The monoisotopic (exact) mass is 441 g/mol. The molecule has 7 heteroatoms. The van der Waals surface area contributed by atoms with Gasteiger partial charge >= 0.3 is 5.97 Å². The number of carbonyl (C=O) groups is 2. The molecule has 2 aromatic heterocycles. The summed E-state index contributed by atoms with van der Waals surface area (Å²) in [6.07, 6.45) is 3.94. The van der Waals surface area contributed by atoms with E-state index in [0.29, 0.717) is 47.8 Å². The van der Waals surface area contributed by atoms with Gasteiger partial charge in [0.05, 0.1) is 22.4 Å². The van der Waals surface area contributed by atoms with Crippen LogP contribution >= 0.6 is 0 Å². The zero-order chi connectivity index (χ0) is 22.9. The molecule has 1 fully saturated rings. The lowest BCUT2D eigenvalue weighted by atomic mass is 9.86. The molecule has 1 aliphatic rings. The fraction of sp³-hybridized carbons (Fsp3) is 0.231. The molecule has 1 saturated carbocycles. The first-order valence-electron chi connectivity index (χ1n) is 11.1. The fourth-order valence-electron chi connectivity index (χ4n) is 4.56. The van der Waals surface area contributed by atoms with Crippen molar-refractivity contribution in [2.45, 2.75) is 31.7 Å². The van der Waals surface area contributed by atoms with Gasteiger partial charge in [0.2, 0.25) is 0 Å². The highest BCUT2D eigenvalue weighted by molar-refractivity contribution is 6.01. The Morgan fingerprint density at radius 2 is 1.70 bits per heavy atom. The molecule has 4 aromatic rings. The molecular weight excluding hydrogens is 418 g/mol. The molecule has 0 aliphatic heterocycles. The van der Waals surface area contributed by atoms with Gasteiger partial charge in [0.1, 0.15) is 0 Å². The third-order valence-electron chi connectivity index (χ3n) is 6.40. The number of fused-ring (bicyclic) bond motifs is 2. The Bertz CT molecular complexity index is 1420. The largest absolute Gasteiger partial charge is 0.481 e. The minimum Gasteiger partial charge on any atom is -0.481 e. The topological polar surface area (TPSA) is 101 Å². The lowest BCUT2D eigenvalue weighted by Crippen LogP contribution is -2.39. The molecule has 0 bridgehead atoms. The number of nitrogens with zero attached hydrogens (tertiary/aromatic N) is 2. The average Bonchev–Trinajstić information content (AvgIpc) is 2.84. The number of benzene rings is 2. The molecule has 2 N–H and O–H groups in total. The second kappa shape index (κ2) is 8.50. The lowest BCUT2D eigenvalue weighted by Gasteiger charge is -2.26. The Morgan fingerprint density at radius 3 is 2.42 bits per heavy atom. The molecule has 1 amide bonds. The minimum atomic E-state index is -0.778. The maximum absolute atomic E-state index is 13.3. The van der Waals surface area contributed by atoms with Crippen molar-refractivity contribution >= 4 is 28.4 Å². The van der Waals surface area contributed by atoms with E-state index in [9.17, 15) is 14.4 Å². The predicted molar refractivity (Wildman–Crippen MR) is 125 cm³/mol. The van der Waals surface area contributed by atoms with Gasteiger partial charge in [0.15, 0.2) is 5.65 Å². The van der Waals surface area contributed by atoms with Crippen LogP contribution in [0, 0.1) is 5.92 Å². The zero-order valence-corrected chi connectivity index (χ0v) is 17.9. The van der Waals surface area contributed by atoms with E-state index in [1.807, 2.05) is 42.5 Å². The second-order valence-corrected chi connectivity index (χ2v) is 8.49. The van der Waals surface area contributed by atoms with Crippen LogP contribution in [-0.2, 0) is 4.79 Å². The maximum Gasteiger partial charge on any atom is 0.306 e. The van der Waals surface area contributed by atoms with Crippen molar-refractivity contribution < 1.29 is 14.7 Å². The molecule has 0 unspecified atom stereocenters.